The van der Waals surface area contributed by atoms with E-state index in [2.05, 4.69) is 0 Å². The van der Waals surface area contributed by atoms with Crippen molar-refractivity contribution in [3.63, 3.8) is 0 Å². The largest absolute Gasteiger partial charge is 0.495 e. The third-order valence-electron chi connectivity index (χ3n) is 4.36. The Balaban J connectivity index is 2.00. The number of nitrogens with zero attached hydrogens (tertiary/aromatic N) is 2. The third-order valence-corrected chi connectivity index (χ3v) is 6.49. The summed E-state index contributed by atoms with van der Waals surface area (Å²) in [6.07, 6.45) is 0. The Morgan fingerprint density at radius 3 is 2.61 bits per heavy atom. The highest BCUT2D eigenvalue weighted by atomic mass is 32.2. The molecule has 0 amide bonds. The zero-order valence-corrected chi connectivity index (χ0v) is 14.8. The summed E-state index contributed by atoms with van der Waals surface area (Å²) in [6, 6.07) is 7.23. The molecule has 8 heteroatoms. The molecule has 0 aliphatic carbocycles. The fourth-order valence-electron chi connectivity index (χ4n) is 3.34. The molecule has 23 heavy (non-hydrogen) atoms. The molecule has 2 aliphatic heterocycles. The minimum Gasteiger partial charge on any atom is -0.495 e. The molecule has 2 saturated heterocycles. The predicted molar refractivity (Wildman–Crippen MR) is 92.9 cm³/mol. The molecule has 2 heterocycles. The topological polar surface area (TPSA) is 59.1 Å². The number of sulfone groups is 1. The summed E-state index contributed by atoms with van der Waals surface area (Å²) in [5.74, 6) is 0.929. The van der Waals surface area contributed by atoms with E-state index in [0.717, 1.165) is 5.69 Å². The molecule has 0 aromatic heterocycles. The van der Waals surface area contributed by atoms with Gasteiger partial charge in [-0.3, -0.25) is 0 Å². The zero-order valence-electron chi connectivity index (χ0n) is 13.1. The predicted octanol–water partition coefficient (Wildman–Crippen LogP) is 0.914. The Bertz CT molecular complexity index is 707. The number of hydrogen-bond acceptors (Lipinski definition) is 5. The molecular formula is C15H20N2O4S2. The normalized spacial score (nSPS) is 25.7. The van der Waals surface area contributed by atoms with Crippen molar-refractivity contribution in [1.82, 2.24) is 4.90 Å². The average molecular weight is 356 g/mol. The van der Waals surface area contributed by atoms with Crippen molar-refractivity contribution in [2.75, 3.05) is 43.8 Å². The van der Waals surface area contributed by atoms with Gasteiger partial charge in [-0.05, 0) is 24.4 Å². The van der Waals surface area contributed by atoms with Crippen LogP contribution < -0.4 is 9.64 Å². The van der Waals surface area contributed by atoms with Crippen LogP contribution in [0.3, 0.4) is 0 Å². The fraction of sp³-hybridized carbons (Fsp3) is 0.533. The molecular weight excluding hydrogens is 336 g/mol. The Kier molecular flexibility index (Phi) is 4.48. The van der Waals surface area contributed by atoms with Gasteiger partial charge in [0.25, 0.3) is 0 Å². The summed E-state index contributed by atoms with van der Waals surface area (Å²) in [5.41, 5.74) is 0.812. The van der Waals surface area contributed by atoms with Crippen LogP contribution >= 0.6 is 12.2 Å². The van der Waals surface area contributed by atoms with Crippen LogP contribution in [-0.4, -0.2) is 69.4 Å². The maximum Gasteiger partial charge on any atom is 0.177 e. The van der Waals surface area contributed by atoms with E-state index in [1.165, 1.54) is 0 Å². The third kappa shape index (κ3) is 2.90. The lowest BCUT2D eigenvalue weighted by atomic mass is 10.1. The van der Waals surface area contributed by atoms with Gasteiger partial charge >= 0.3 is 0 Å². The Labute approximate surface area is 141 Å². The Morgan fingerprint density at radius 1 is 1.22 bits per heavy atom. The number of hydrogen-bond donors (Lipinski definition) is 0. The van der Waals surface area contributed by atoms with Crippen LogP contribution in [0.4, 0.5) is 5.69 Å². The summed E-state index contributed by atoms with van der Waals surface area (Å²) >= 11 is 5.64. The molecule has 0 unspecified atom stereocenters. The lowest BCUT2D eigenvalue weighted by Gasteiger charge is -2.26. The van der Waals surface area contributed by atoms with Crippen LogP contribution in [0.2, 0.25) is 0 Å². The van der Waals surface area contributed by atoms with E-state index in [9.17, 15) is 8.42 Å². The number of benzene rings is 1. The number of thiocarbonyl (C=S) groups is 1. The molecule has 6 nitrogen and oxygen atoms in total. The average Bonchev–Trinajstić information content (AvgIpc) is 2.95. The van der Waals surface area contributed by atoms with E-state index in [4.69, 9.17) is 21.7 Å². The van der Waals surface area contributed by atoms with Crippen LogP contribution in [0.25, 0.3) is 0 Å². The molecule has 1 aromatic rings. The van der Waals surface area contributed by atoms with Gasteiger partial charge in [0.15, 0.2) is 14.9 Å². The highest BCUT2D eigenvalue weighted by Gasteiger charge is 2.52. The van der Waals surface area contributed by atoms with Gasteiger partial charge in [0.05, 0.1) is 43.0 Å². The van der Waals surface area contributed by atoms with E-state index in [0.29, 0.717) is 24.0 Å². The molecule has 2 atom stereocenters. The monoisotopic (exact) mass is 356 g/mol. The molecule has 2 aliphatic rings. The standard InChI is InChI=1S/C15H20N2O4S2/c1-20-8-7-16-12-9-23(18,19)10-13(12)17(15(16)22)11-5-3-4-6-14(11)21-2/h3-6,12-13H,7-10H2,1-2H3/t12-,13+/m1/s1. The second-order valence-corrected chi connectivity index (χ2v) is 8.24. The van der Waals surface area contributed by atoms with Crippen molar-refractivity contribution in [2.24, 2.45) is 0 Å². The summed E-state index contributed by atoms with van der Waals surface area (Å²) in [6.45, 7) is 1.08. The lowest BCUT2D eigenvalue weighted by Crippen LogP contribution is -2.39. The van der Waals surface area contributed by atoms with Crippen LogP contribution in [0.15, 0.2) is 24.3 Å². The van der Waals surface area contributed by atoms with Crippen LogP contribution in [-0.2, 0) is 14.6 Å². The Morgan fingerprint density at radius 2 is 1.91 bits per heavy atom. The number of rotatable bonds is 5. The summed E-state index contributed by atoms with van der Waals surface area (Å²) in [4.78, 5) is 3.90. The molecule has 0 spiro atoms. The summed E-state index contributed by atoms with van der Waals surface area (Å²) in [7, 11) is 0.154. The first-order valence-corrected chi connectivity index (χ1v) is 9.63. The van der Waals surface area contributed by atoms with Gasteiger partial charge in [-0.15, -0.1) is 0 Å². The van der Waals surface area contributed by atoms with Gasteiger partial charge in [-0.1, -0.05) is 12.1 Å². The van der Waals surface area contributed by atoms with E-state index in [1.54, 1.807) is 14.2 Å². The minimum absolute atomic E-state index is 0.110. The molecule has 0 saturated carbocycles. The molecule has 0 N–H and O–H groups in total. The van der Waals surface area contributed by atoms with Crippen LogP contribution in [0, 0.1) is 0 Å². The van der Waals surface area contributed by atoms with Gasteiger partial charge in [0.1, 0.15) is 5.75 Å². The summed E-state index contributed by atoms with van der Waals surface area (Å²) < 4.78 is 34.9. The molecule has 0 radical (unpaired) electrons. The first kappa shape index (κ1) is 16.5. The molecule has 3 rings (SSSR count). The van der Waals surface area contributed by atoms with Gasteiger partial charge in [0, 0.05) is 13.7 Å². The molecule has 1 aromatic carbocycles. The van der Waals surface area contributed by atoms with Gasteiger partial charge in [-0.25, -0.2) is 8.42 Å². The van der Waals surface area contributed by atoms with Crippen LogP contribution in [0.5, 0.6) is 5.75 Å². The first-order valence-electron chi connectivity index (χ1n) is 7.40. The zero-order chi connectivity index (χ0) is 16.6. The smallest absolute Gasteiger partial charge is 0.177 e. The van der Waals surface area contributed by atoms with Crippen molar-refractivity contribution < 1.29 is 17.9 Å². The SMILES string of the molecule is COCCN1C(=S)N(c2ccccc2OC)[C@H]2CS(=O)(=O)C[C@H]21. The van der Waals surface area contributed by atoms with E-state index >= 15 is 0 Å². The van der Waals surface area contributed by atoms with Gasteiger partial charge in [-0.2, -0.15) is 0 Å². The highest BCUT2D eigenvalue weighted by molar-refractivity contribution is 7.91. The molecule has 0 bridgehead atoms. The van der Waals surface area contributed by atoms with Gasteiger partial charge < -0.3 is 19.3 Å². The fourth-order valence-corrected chi connectivity index (χ4v) is 5.75. The quantitative estimate of drug-likeness (QED) is 0.727. The summed E-state index contributed by atoms with van der Waals surface area (Å²) in [5, 5.41) is 0.636. The van der Waals surface area contributed by atoms with E-state index in [1.807, 2.05) is 34.1 Å². The van der Waals surface area contributed by atoms with Crippen molar-refractivity contribution in [3.8, 4) is 5.75 Å². The maximum atomic E-state index is 12.1. The second-order valence-electron chi connectivity index (χ2n) is 5.72. The molecule has 126 valence electrons. The van der Waals surface area contributed by atoms with E-state index in [-0.39, 0.29) is 23.6 Å². The second kappa shape index (κ2) is 6.26. The number of ether oxygens (including phenoxy) is 2. The first-order chi connectivity index (χ1) is 11.0. The Hall–Kier alpha value is -1.38. The number of methoxy groups -OCH3 is 2. The minimum atomic E-state index is -3.07. The van der Waals surface area contributed by atoms with E-state index < -0.39 is 9.84 Å². The maximum absolute atomic E-state index is 12.1. The molecule has 2 fully saturated rings. The number of fused-ring (bicyclic) bond motifs is 1. The highest BCUT2D eigenvalue weighted by Crippen LogP contribution is 2.39. The number of anilines is 1. The van der Waals surface area contributed by atoms with Crippen molar-refractivity contribution in [3.05, 3.63) is 24.3 Å². The number of para-hydroxylation sites is 2. The van der Waals surface area contributed by atoms with Crippen LogP contribution in [0.1, 0.15) is 0 Å². The van der Waals surface area contributed by atoms with Crippen molar-refractivity contribution >= 4 is 32.9 Å². The van der Waals surface area contributed by atoms with Crippen molar-refractivity contribution in [1.29, 1.82) is 0 Å². The van der Waals surface area contributed by atoms with Gasteiger partial charge in [0.2, 0.25) is 0 Å². The lowest BCUT2D eigenvalue weighted by molar-refractivity contribution is 0.169. The van der Waals surface area contributed by atoms with Crippen molar-refractivity contribution in [2.45, 2.75) is 12.1 Å².